The van der Waals surface area contributed by atoms with Crippen molar-refractivity contribution in [3.63, 3.8) is 0 Å². The van der Waals surface area contributed by atoms with Crippen LogP contribution in [0.15, 0.2) is 48.7 Å². The summed E-state index contributed by atoms with van der Waals surface area (Å²) in [5.41, 5.74) is 8.28. The van der Waals surface area contributed by atoms with E-state index in [1.807, 2.05) is 36.5 Å². The molecule has 2 aromatic rings. The Morgan fingerprint density at radius 2 is 1.94 bits per heavy atom. The first-order chi connectivity index (χ1) is 8.79. The van der Waals surface area contributed by atoms with Crippen molar-refractivity contribution in [2.75, 3.05) is 5.32 Å². The minimum atomic E-state index is 0.0840. The van der Waals surface area contributed by atoms with Gasteiger partial charge in [-0.25, -0.2) is 4.98 Å². The highest BCUT2D eigenvalue weighted by Gasteiger charge is 2.03. The fourth-order valence-electron chi connectivity index (χ4n) is 1.75. The van der Waals surface area contributed by atoms with Gasteiger partial charge in [-0.15, -0.1) is 0 Å². The maximum absolute atomic E-state index is 5.95. The van der Waals surface area contributed by atoms with E-state index in [-0.39, 0.29) is 6.04 Å². The van der Waals surface area contributed by atoms with Crippen LogP contribution in [0.5, 0.6) is 0 Å². The highest BCUT2D eigenvalue weighted by molar-refractivity contribution is 5.37. The van der Waals surface area contributed by atoms with Crippen molar-refractivity contribution in [3.05, 3.63) is 59.8 Å². The fraction of sp³-hybridized carbons (Fsp3) is 0.267. The Morgan fingerprint density at radius 1 is 1.17 bits per heavy atom. The first-order valence-electron chi connectivity index (χ1n) is 6.29. The zero-order valence-corrected chi connectivity index (χ0v) is 10.6. The summed E-state index contributed by atoms with van der Waals surface area (Å²) in [6, 6.07) is 14.4. The van der Waals surface area contributed by atoms with E-state index < -0.39 is 0 Å². The van der Waals surface area contributed by atoms with Crippen LogP contribution >= 0.6 is 0 Å². The number of nitrogens with one attached hydrogen (secondary N) is 1. The van der Waals surface area contributed by atoms with Crippen molar-refractivity contribution < 1.29 is 0 Å². The normalized spacial score (nSPS) is 12.1. The van der Waals surface area contributed by atoms with Crippen molar-refractivity contribution in [2.45, 2.75) is 25.9 Å². The molecule has 0 spiro atoms. The zero-order chi connectivity index (χ0) is 12.8. The SMILES string of the molecule is CCC(N)c1ccc(NCc2ccccc2)nc1. The van der Waals surface area contributed by atoms with Gasteiger partial charge in [-0.1, -0.05) is 43.3 Å². The van der Waals surface area contributed by atoms with Crippen LogP contribution in [-0.4, -0.2) is 4.98 Å². The molecule has 1 heterocycles. The van der Waals surface area contributed by atoms with Gasteiger partial charge in [0.2, 0.25) is 0 Å². The third-order valence-electron chi connectivity index (χ3n) is 2.97. The molecular weight excluding hydrogens is 222 g/mol. The molecule has 0 aliphatic rings. The fourth-order valence-corrected chi connectivity index (χ4v) is 1.75. The Bertz CT molecular complexity index is 465. The average molecular weight is 241 g/mol. The molecule has 0 bridgehead atoms. The summed E-state index contributed by atoms with van der Waals surface area (Å²) in [6.45, 7) is 2.86. The van der Waals surface area contributed by atoms with Crippen molar-refractivity contribution in [2.24, 2.45) is 5.73 Å². The van der Waals surface area contributed by atoms with Crippen LogP contribution < -0.4 is 11.1 Å². The van der Waals surface area contributed by atoms with Gasteiger partial charge in [-0.05, 0) is 23.6 Å². The van der Waals surface area contributed by atoms with Crippen LogP contribution in [0.25, 0.3) is 0 Å². The number of nitrogens with two attached hydrogens (primary N) is 1. The molecule has 94 valence electrons. The molecule has 0 aliphatic heterocycles. The third kappa shape index (κ3) is 3.31. The number of hydrogen-bond donors (Lipinski definition) is 2. The topological polar surface area (TPSA) is 50.9 Å². The summed E-state index contributed by atoms with van der Waals surface area (Å²) < 4.78 is 0. The molecule has 0 amide bonds. The number of rotatable bonds is 5. The second-order valence-corrected chi connectivity index (χ2v) is 4.33. The second-order valence-electron chi connectivity index (χ2n) is 4.33. The van der Waals surface area contributed by atoms with E-state index in [1.54, 1.807) is 0 Å². The third-order valence-corrected chi connectivity index (χ3v) is 2.97. The summed E-state index contributed by atoms with van der Waals surface area (Å²) in [6.07, 6.45) is 2.78. The number of aromatic nitrogens is 1. The van der Waals surface area contributed by atoms with Crippen LogP contribution in [0, 0.1) is 0 Å². The number of nitrogens with zero attached hydrogens (tertiary/aromatic N) is 1. The lowest BCUT2D eigenvalue weighted by molar-refractivity contribution is 0.695. The summed E-state index contributed by atoms with van der Waals surface area (Å²) in [5, 5.41) is 3.29. The number of hydrogen-bond acceptors (Lipinski definition) is 3. The summed E-state index contributed by atoms with van der Waals surface area (Å²) in [5.74, 6) is 0.880. The molecule has 1 aromatic carbocycles. The van der Waals surface area contributed by atoms with Gasteiger partial charge in [-0.2, -0.15) is 0 Å². The first-order valence-corrected chi connectivity index (χ1v) is 6.29. The molecule has 1 unspecified atom stereocenters. The van der Waals surface area contributed by atoms with E-state index in [0.717, 1.165) is 24.3 Å². The van der Waals surface area contributed by atoms with Crippen molar-refractivity contribution in [1.82, 2.24) is 4.98 Å². The van der Waals surface area contributed by atoms with Gasteiger partial charge < -0.3 is 11.1 Å². The van der Waals surface area contributed by atoms with E-state index in [1.165, 1.54) is 5.56 Å². The number of benzene rings is 1. The van der Waals surface area contributed by atoms with Crippen LogP contribution in [0.1, 0.15) is 30.5 Å². The van der Waals surface area contributed by atoms with Gasteiger partial charge in [0.05, 0.1) is 0 Å². The predicted octanol–water partition coefficient (Wildman–Crippen LogP) is 3.10. The maximum Gasteiger partial charge on any atom is 0.126 e. The number of anilines is 1. The molecule has 1 aromatic heterocycles. The Hall–Kier alpha value is -1.87. The Balaban J connectivity index is 1.94. The standard InChI is InChI=1S/C15H19N3/c1-2-14(16)13-8-9-15(18-11-13)17-10-12-6-4-3-5-7-12/h3-9,11,14H,2,10,16H2,1H3,(H,17,18). The van der Waals surface area contributed by atoms with E-state index >= 15 is 0 Å². The van der Waals surface area contributed by atoms with Crippen LogP contribution in [-0.2, 0) is 6.54 Å². The molecule has 0 aliphatic carbocycles. The van der Waals surface area contributed by atoms with Crippen molar-refractivity contribution in [3.8, 4) is 0 Å². The van der Waals surface area contributed by atoms with Gasteiger partial charge in [0.1, 0.15) is 5.82 Å². The zero-order valence-electron chi connectivity index (χ0n) is 10.6. The molecular formula is C15H19N3. The summed E-state index contributed by atoms with van der Waals surface area (Å²) in [7, 11) is 0. The molecule has 0 radical (unpaired) electrons. The molecule has 1 atom stereocenters. The maximum atomic E-state index is 5.95. The van der Waals surface area contributed by atoms with Crippen molar-refractivity contribution in [1.29, 1.82) is 0 Å². The largest absolute Gasteiger partial charge is 0.366 e. The summed E-state index contributed by atoms with van der Waals surface area (Å²) >= 11 is 0. The molecule has 3 N–H and O–H groups in total. The van der Waals surface area contributed by atoms with Gasteiger partial charge >= 0.3 is 0 Å². The summed E-state index contributed by atoms with van der Waals surface area (Å²) in [4.78, 5) is 4.37. The Kier molecular flexibility index (Phi) is 4.31. The van der Waals surface area contributed by atoms with Gasteiger partial charge in [0.15, 0.2) is 0 Å². The van der Waals surface area contributed by atoms with Crippen LogP contribution in [0.4, 0.5) is 5.82 Å². The lowest BCUT2D eigenvalue weighted by atomic mass is 10.1. The van der Waals surface area contributed by atoms with Gasteiger partial charge in [-0.3, -0.25) is 0 Å². The average Bonchev–Trinajstić information content (AvgIpc) is 2.46. The minimum Gasteiger partial charge on any atom is -0.366 e. The highest BCUT2D eigenvalue weighted by atomic mass is 15.0. The monoisotopic (exact) mass is 241 g/mol. The molecule has 3 nitrogen and oxygen atoms in total. The Labute approximate surface area is 108 Å². The quantitative estimate of drug-likeness (QED) is 0.845. The molecule has 3 heteroatoms. The highest BCUT2D eigenvalue weighted by Crippen LogP contribution is 2.14. The van der Waals surface area contributed by atoms with Crippen LogP contribution in [0.2, 0.25) is 0 Å². The van der Waals surface area contributed by atoms with Crippen LogP contribution in [0.3, 0.4) is 0 Å². The van der Waals surface area contributed by atoms with Gasteiger partial charge in [0, 0.05) is 18.8 Å². The lowest BCUT2D eigenvalue weighted by Gasteiger charge is -2.10. The van der Waals surface area contributed by atoms with Crippen molar-refractivity contribution >= 4 is 5.82 Å². The Morgan fingerprint density at radius 3 is 2.56 bits per heavy atom. The molecule has 0 fully saturated rings. The van der Waals surface area contributed by atoms with E-state index in [0.29, 0.717) is 0 Å². The van der Waals surface area contributed by atoms with E-state index in [9.17, 15) is 0 Å². The lowest BCUT2D eigenvalue weighted by Crippen LogP contribution is -2.09. The van der Waals surface area contributed by atoms with E-state index in [4.69, 9.17) is 5.73 Å². The molecule has 18 heavy (non-hydrogen) atoms. The molecule has 0 saturated heterocycles. The molecule has 2 rings (SSSR count). The molecule has 0 saturated carbocycles. The van der Waals surface area contributed by atoms with Gasteiger partial charge in [0.25, 0.3) is 0 Å². The minimum absolute atomic E-state index is 0.0840. The first kappa shape index (κ1) is 12.6. The van der Waals surface area contributed by atoms with E-state index in [2.05, 4.69) is 29.4 Å². The smallest absolute Gasteiger partial charge is 0.126 e. The second kappa shape index (κ2) is 6.17. The predicted molar refractivity (Wildman–Crippen MR) is 75.2 cm³/mol. The number of pyridine rings is 1.